The van der Waals surface area contributed by atoms with Gasteiger partial charge >= 0.3 is 5.97 Å². The van der Waals surface area contributed by atoms with Crippen LogP contribution in [-0.2, 0) is 19.1 Å². The fraction of sp³-hybridized carbons (Fsp3) is 0.156. The van der Waals surface area contributed by atoms with E-state index in [1.165, 1.54) is 23.1 Å². The van der Waals surface area contributed by atoms with E-state index in [4.69, 9.17) is 9.26 Å². The minimum absolute atomic E-state index is 0.00279. The molecule has 0 aliphatic carbocycles. The second-order valence-corrected chi connectivity index (χ2v) is 10.6. The number of carboxylic acid groups (broad SMARTS) is 1. The van der Waals surface area contributed by atoms with Gasteiger partial charge in [0, 0.05) is 35.6 Å². The van der Waals surface area contributed by atoms with Crippen LogP contribution >= 0.6 is 0 Å². The molecular weight excluding hydrogens is 582 g/mol. The number of nitrogens with one attached hydrogen (secondary N) is 1. The number of morpholine rings is 1. The molecule has 0 saturated carbocycles. The molecular formula is C32H23N5O8. The summed E-state index contributed by atoms with van der Waals surface area (Å²) in [6.07, 6.45) is -0.377. The van der Waals surface area contributed by atoms with E-state index < -0.39 is 48.0 Å². The third-order valence-electron chi connectivity index (χ3n) is 7.85. The number of aliphatic carboxylic acids is 1. The zero-order valence-corrected chi connectivity index (χ0v) is 23.4. The maximum Gasteiger partial charge on any atom is 0.304 e. The molecule has 0 unspecified atom stereocenters. The predicted molar refractivity (Wildman–Crippen MR) is 160 cm³/mol. The van der Waals surface area contributed by atoms with Gasteiger partial charge in [-0.2, -0.15) is 0 Å². The highest BCUT2D eigenvalue weighted by Crippen LogP contribution is 2.34. The van der Waals surface area contributed by atoms with Crippen molar-refractivity contribution in [3.63, 3.8) is 0 Å². The van der Waals surface area contributed by atoms with Gasteiger partial charge in [-0.05, 0) is 42.5 Å². The highest BCUT2D eigenvalue weighted by atomic mass is 16.5. The standard InChI is InChI=1S/C32H23N5O8/c38-26(39)16-23(27-32(43)36(12-13-44-27)19-9-7-17-4-3-11-33-24(17)15-19)29(40)34-18-8-10-22-25(14-18)45-35-28(22)37-30(41)20-5-1-2-6-21(20)31(37)42/h1-11,14-15,23,27H,12-13,16H2,(H,34,40)(H,38,39)/t23-,27-/m1/s1. The second-order valence-electron chi connectivity index (χ2n) is 10.6. The second kappa shape index (κ2) is 11.0. The molecule has 4 heterocycles. The summed E-state index contributed by atoms with van der Waals surface area (Å²) in [5.74, 6) is -5.02. The molecule has 2 atom stereocenters. The first-order chi connectivity index (χ1) is 21.8. The number of carboxylic acids is 1. The van der Waals surface area contributed by atoms with E-state index >= 15 is 0 Å². The highest BCUT2D eigenvalue weighted by Gasteiger charge is 2.42. The van der Waals surface area contributed by atoms with Crippen molar-refractivity contribution in [3.05, 3.63) is 90.1 Å². The van der Waals surface area contributed by atoms with E-state index in [1.54, 1.807) is 48.7 Å². The zero-order valence-electron chi connectivity index (χ0n) is 23.4. The van der Waals surface area contributed by atoms with Crippen LogP contribution in [0.5, 0.6) is 0 Å². The van der Waals surface area contributed by atoms with Gasteiger partial charge in [0.25, 0.3) is 17.7 Å². The van der Waals surface area contributed by atoms with Crippen LogP contribution in [0.2, 0.25) is 0 Å². The molecule has 5 aromatic rings. The lowest BCUT2D eigenvalue weighted by molar-refractivity contribution is -0.149. The van der Waals surface area contributed by atoms with E-state index in [-0.39, 0.29) is 41.4 Å². The first kappa shape index (κ1) is 27.9. The van der Waals surface area contributed by atoms with Gasteiger partial charge in [-0.25, -0.2) is 4.90 Å². The molecule has 1 saturated heterocycles. The van der Waals surface area contributed by atoms with Crippen LogP contribution in [-0.4, -0.2) is 64.1 Å². The van der Waals surface area contributed by atoms with Crippen LogP contribution in [0, 0.1) is 5.92 Å². The van der Waals surface area contributed by atoms with Crippen molar-refractivity contribution < 1.29 is 38.3 Å². The van der Waals surface area contributed by atoms with E-state index in [2.05, 4.69) is 15.5 Å². The molecule has 2 aliphatic heterocycles. The largest absolute Gasteiger partial charge is 0.481 e. The Morgan fingerprint density at radius 1 is 0.978 bits per heavy atom. The van der Waals surface area contributed by atoms with Crippen molar-refractivity contribution in [2.75, 3.05) is 28.3 Å². The van der Waals surface area contributed by atoms with Crippen molar-refractivity contribution in [3.8, 4) is 0 Å². The van der Waals surface area contributed by atoms with Gasteiger partial charge < -0.3 is 24.6 Å². The Labute approximate surface area is 254 Å². The van der Waals surface area contributed by atoms with Crippen LogP contribution in [0.1, 0.15) is 27.1 Å². The number of ether oxygens (including phenoxy) is 1. The number of fused-ring (bicyclic) bond motifs is 3. The lowest BCUT2D eigenvalue weighted by Gasteiger charge is -2.35. The molecule has 7 rings (SSSR count). The fourth-order valence-corrected chi connectivity index (χ4v) is 5.68. The molecule has 224 valence electrons. The Morgan fingerprint density at radius 2 is 1.76 bits per heavy atom. The number of hydrogen-bond acceptors (Lipinski definition) is 9. The van der Waals surface area contributed by atoms with Gasteiger partial charge in [-0.3, -0.25) is 29.0 Å². The topological polar surface area (TPSA) is 172 Å². The quantitative estimate of drug-likeness (QED) is 0.261. The lowest BCUT2D eigenvalue weighted by Crippen LogP contribution is -2.53. The third kappa shape index (κ3) is 4.84. The Bertz CT molecular complexity index is 2020. The maximum atomic E-state index is 13.6. The number of imide groups is 1. The van der Waals surface area contributed by atoms with Crippen molar-refractivity contribution in [1.29, 1.82) is 0 Å². The number of aromatic nitrogens is 2. The number of carbonyl (C=O) groups excluding carboxylic acids is 4. The van der Waals surface area contributed by atoms with Crippen LogP contribution in [0.4, 0.5) is 17.2 Å². The van der Waals surface area contributed by atoms with E-state index in [0.29, 0.717) is 16.6 Å². The van der Waals surface area contributed by atoms with Crippen molar-refractivity contribution in [2.45, 2.75) is 12.5 Å². The molecule has 45 heavy (non-hydrogen) atoms. The average Bonchev–Trinajstić information content (AvgIpc) is 3.56. The van der Waals surface area contributed by atoms with Crippen molar-refractivity contribution in [2.24, 2.45) is 5.92 Å². The van der Waals surface area contributed by atoms with Crippen molar-refractivity contribution in [1.82, 2.24) is 10.1 Å². The van der Waals surface area contributed by atoms with Crippen LogP contribution in [0.3, 0.4) is 0 Å². The normalized spacial score (nSPS) is 17.2. The smallest absolute Gasteiger partial charge is 0.304 e. The zero-order chi connectivity index (χ0) is 31.2. The van der Waals surface area contributed by atoms with Crippen molar-refractivity contribution >= 4 is 68.7 Å². The minimum atomic E-state index is -1.37. The van der Waals surface area contributed by atoms with Gasteiger partial charge in [0.05, 0.1) is 41.0 Å². The van der Waals surface area contributed by atoms with Gasteiger partial charge in [0.15, 0.2) is 11.4 Å². The highest BCUT2D eigenvalue weighted by molar-refractivity contribution is 6.35. The molecule has 0 radical (unpaired) electrons. The predicted octanol–water partition coefficient (Wildman–Crippen LogP) is 3.64. The Kier molecular flexibility index (Phi) is 6.78. The lowest BCUT2D eigenvalue weighted by atomic mass is 9.94. The maximum absolute atomic E-state index is 13.6. The van der Waals surface area contributed by atoms with Gasteiger partial charge in [0.2, 0.25) is 5.91 Å². The molecule has 2 aliphatic rings. The molecule has 4 amide bonds. The molecule has 3 aromatic carbocycles. The summed E-state index contributed by atoms with van der Waals surface area (Å²) in [6, 6.07) is 19.9. The first-order valence-corrected chi connectivity index (χ1v) is 14.0. The summed E-state index contributed by atoms with van der Waals surface area (Å²) in [5, 5.41) is 17.4. The summed E-state index contributed by atoms with van der Waals surface area (Å²) in [4.78, 5) is 71.5. The van der Waals surface area contributed by atoms with Crippen LogP contribution in [0.25, 0.3) is 21.9 Å². The molecule has 2 N–H and O–H groups in total. The number of carbonyl (C=O) groups is 5. The monoisotopic (exact) mass is 605 g/mol. The molecule has 1 fully saturated rings. The van der Waals surface area contributed by atoms with Gasteiger partial charge in [-0.1, -0.05) is 29.4 Å². The first-order valence-electron chi connectivity index (χ1n) is 14.0. The molecule has 0 spiro atoms. The van der Waals surface area contributed by atoms with Crippen LogP contribution in [0.15, 0.2) is 83.5 Å². The summed E-state index contributed by atoms with van der Waals surface area (Å²) in [6.45, 7) is 0.303. The average molecular weight is 606 g/mol. The molecule has 13 heteroatoms. The number of pyridine rings is 1. The van der Waals surface area contributed by atoms with E-state index in [9.17, 15) is 29.1 Å². The Hall–Kier alpha value is -5.95. The van der Waals surface area contributed by atoms with E-state index in [1.807, 2.05) is 12.1 Å². The molecule has 2 aromatic heterocycles. The number of nitrogens with zero attached hydrogens (tertiary/aromatic N) is 4. The Balaban J connectivity index is 1.12. The fourth-order valence-electron chi connectivity index (χ4n) is 5.68. The SMILES string of the molecule is O=C(O)C[C@@H](C(=O)Nc1ccc2c(N3C(=O)c4ccccc4C3=O)noc2c1)[C@H]1OCCN(c2ccc3cccnc3c2)C1=O. The minimum Gasteiger partial charge on any atom is -0.481 e. The van der Waals surface area contributed by atoms with Crippen LogP contribution < -0.4 is 15.1 Å². The number of hydrogen-bond donors (Lipinski definition) is 2. The molecule has 0 bridgehead atoms. The van der Waals surface area contributed by atoms with E-state index in [0.717, 1.165) is 10.3 Å². The summed E-state index contributed by atoms with van der Waals surface area (Å²) >= 11 is 0. The Morgan fingerprint density at radius 3 is 2.51 bits per heavy atom. The summed E-state index contributed by atoms with van der Waals surface area (Å²) in [5.41, 5.74) is 2.12. The van der Waals surface area contributed by atoms with Gasteiger partial charge in [0.1, 0.15) is 6.10 Å². The number of amides is 4. The number of anilines is 3. The summed E-state index contributed by atoms with van der Waals surface area (Å²) in [7, 11) is 0. The number of benzene rings is 3. The number of rotatable bonds is 7. The summed E-state index contributed by atoms with van der Waals surface area (Å²) < 4.78 is 11.1. The third-order valence-corrected chi connectivity index (χ3v) is 7.85. The molecule has 13 nitrogen and oxygen atoms in total. The van der Waals surface area contributed by atoms with Gasteiger partial charge in [-0.15, -0.1) is 0 Å².